The molecule has 1 N–H and O–H groups in total. The number of benzene rings is 1. The Kier molecular flexibility index (Phi) is 4.73. The van der Waals surface area contributed by atoms with Crippen LogP contribution in [0.5, 0.6) is 0 Å². The van der Waals surface area contributed by atoms with Gasteiger partial charge in [0.2, 0.25) is 0 Å². The van der Waals surface area contributed by atoms with Crippen LogP contribution in [0.2, 0.25) is 0 Å². The van der Waals surface area contributed by atoms with Crippen LogP contribution >= 0.6 is 11.8 Å². The van der Waals surface area contributed by atoms with Crippen molar-refractivity contribution in [3.05, 3.63) is 48.4 Å². The Hall–Kier alpha value is -1.39. The van der Waals surface area contributed by atoms with Gasteiger partial charge in [0.15, 0.2) is 0 Å². The van der Waals surface area contributed by atoms with Gasteiger partial charge in [0, 0.05) is 17.1 Å². The summed E-state index contributed by atoms with van der Waals surface area (Å²) in [5.41, 5.74) is 1.33. The number of hydrogen-bond donors (Lipinski definition) is 1. The van der Waals surface area contributed by atoms with Crippen LogP contribution in [-0.2, 0) is 0 Å². The van der Waals surface area contributed by atoms with Gasteiger partial charge in [-0.3, -0.25) is 0 Å². The summed E-state index contributed by atoms with van der Waals surface area (Å²) in [4.78, 5) is 9.45. The van der Waals surface area contributed by atoms with Crippen LogP contribution in [0, 0.1) is 0 Å². The Morgan fingerprint density at radius 2 is 2.11 bits per heavy atom. The van der Waals surface area contributed by atoms with Crippen molar-refractivity contribution in [3.8, 4) is 0 Å². The third kappa shape index (κ3) is 3.09. The first-order valence-electron chi connectivity index (χ1n) is 6.05. The first kappa shape index (κ1) is 13.1. The Morgan fingerprint density at radius 3 is 2.78 bits per heavy atom. The lowest BCUT2D eigenvalue weighted by Crippen LogP contribution is -2.15. The number of aromatic nitrogens is 2. The molecule has 0 spiro atoms. The van der Waals surface area contributed by atoms with Crippen molar-refractivity contribution >= 4 is 11.8 Å². The van der Waals surface area contributed by atoms with Crippen molar-refractivity contribution in [2.24, 2.45) is 0 Å². The molecule has 0 fully saturated rings. The maximum Gasteiger partial charge on any atom is 0.116 e. The van der Waals surface area contributed by atoms with Crippen molar-refractivity contribution in [1.82, 2.24) is 15.3 Å². The predicted molar refractivity (Wildman–Crippen MR) is 74.7 cm³/mol. The summed E-state index contributed by atoms with van der Waals surface area (Å²) in [6.45, 7) is 2.19. The standard InChI is InChI=1S/C14H17N3S/c1-3-12(15-2)11-6-4-5-7-13(11)18-14-8-9-16-10-17-14/h4-10,12,15H,3H2,1-2H3. The molecule has 1 heterocycles. The largest absolute Gasteiger partial charge is 0.313 e. The number of nitrogens with one attached hydrogen (secondary N) is 1. The van der Waals surface area contributed by atoms with E-state index >= 15 is 0 Å². The lowest BCUT2D eigenvalue weighted by molar-refractivity contribution is 0.568. The molecule has 1 unspecified atom stereocenters. The Bertz CT molecular complexity index is 483. The average Bonchev–Trinajstić information content (AvgIpc) is 2.43. The van der Waals surface area contributed by atoms with Crippen molar-refractivity contribution in [2.75, 3.05) is 7.05 Å². The molecule has 0 saturated carbocycles. The zero-order chi connectivity index (χ0) is 12.8. The number of rotatable bonds is 5. The predicted octanol–water partition coefficient (Wildman–Crippen LogP) is 3.30. The molecule has 1 aromatic heterocycles. The van der Waals surface area contributed by atoms with Gasteiger partial charge in [-0.05, 0) is 31.2 Å². The Labute approximate surface area is 112 Å². The molecular formula is C14H17N3S. The van der Waals surface area contributed by atoms with Gasteiger partial charge in [-0.2, -0.15) is 0 Å². The first-order valence-corrected chi connectivity index (χ1v) is 6.87. The van der Waals surface area contributed by atoms with E-state index in [4.69, 9.17) is 0 Å². The van der Waals surface area contributed by atoms with Crippen LogP contribution in [0.1, 0.15) is 24.9 Å². The SMILES string of the molecule is CCC(NC)c1ccccc1Sc1ccncn1. The second-order valence-electron chi connectivity index (χ2n) is 3.94. The molecule has 0 amide bonds. The van der Waals surface area contributed by atoms with Gasteiger partial charge >= 0.3 is 0 Å². The van der Waals surface area contributed by atoms with Crippen LogP contribution in [0.3, 0.4) is 0 Å². The second-order valence-corrected chi connectivity index (χ2v) is 5.00. The van der Waals surface area contributed by atoms with Crippen LogP contribution in [0.15, 0.2) is 52.8 Å². The quantitative estimate of drug-likeness (QED) is 0.836. The highest BCUT2D eigenvalue weighted by molar-refractivity contribution is 7.99. The average molecular weight is 259 g/mol. The van der Waals surface area contributed by atoms with E-state index in [0.29, 0.717) is 6.04 Å². The summed E-state index contributed by atoms with van der Waals surface area (Å²) < 4.78 is 0. The van der Waals surface area contributed by atoms with Crippen LogP contribution in [0.25, 0.3) is 0 Å². The van der Waals surface area contributed by atoms with Crippen molar-refractivity contribution in [3.63, 3.8) is 0 Å². The van der Waals surface area contributed by atoms with Crippen LogP contribution < -0.4 is 5.32 Å². The topological polar surface area (TPSA) is 37.8 Å². The molecular weight excluding hydrogens is 242 g/mol. The molecule has 1 atom stereocenters. The minimum Gasteiger partial charge on any atom is -0.313 e. The third-order valence-corrected chi connectivity index (χ3v) is 3.86. The van der Waals surface area contributed by atoms with Gasteiger partial charge in [0.1, 0.15) is 11.4 Å². The molecule has 0 bridgehead atoms. The first-order chi connectivity index (χ1) is 8.85. The lowest BCUT2D eigenvalue weighted by atomic mass is 10.1. The molecule has 0 aliphatic rings. The van der Waals surface area contributed by atoms with E-state index in [2.05, 4.69) is 46.5 Å². The second kappa shape index (κ2) is 6.52. The zero-order valence-electron chi connectivity index (χ0n) is 10.6. The fourth-order valence-corrected chi connectivity index (χ4v) is 2.82. The van der Waals surface area contributed by atoms with Gasteiger partial charge in [-0.1, -0.05) is 36.9 Å². The summed E-state index contributed by atoms with van der Waals surface area (Å²) >= 11 is 1.68. The minimum absolute atomic E-state index is 0.385. The highest BCUT2D eigenvalue weighted by Crippen LogP contribution is 2.32. The molecule has 2 rings (SSSR count). The summed E-state index contributed by atoms with van der Waals surface area (Å²) in [5, 5.41) is 4.32. The van der Waals surface area contributed by atoms with Crippen molar-refractivity contribution in [2.45, 2.75) is 29.3 Å². The maximum absolute atomic E-state index is 4.26. The fraction of sp³-hybridized carbons (Fsp3) is 0.286. The van der Waals surface area contributed by atoms with E-state index in [1.54, 1.807) is 24.3 Å². The maximum atomic E-state index is 4.26. The normalized spacial score (nSPS) is 12.3. The lowest BCUT2D eigenvalue weighted by Gasteiger charge is -2.17. The third-order valence-electron chi connectivity index (χ3n) is 2.82. The molecule has 0 radical (unpaired) electrons. The molecule has 2 aromatic rings. The van der Waals surface area contributed by atoms with Gasteiger partial charge < -0.3 is 5.32 Å². The summed E-state index contributed by atoms with van der Waals surface area (Å²) in [7, 11) is 2.00. The minimum atomic E-state index is 0.385. The Morgan fingerprint density at radius 1 is 1.28 bits per heavy atom. The zero-order valence-corrected chi connectivity index (χ0v) is 11.4. The molecule has 94 valence electrons. The summed E-state index contributed by atoms with van der Waals surface area (Å²) in [6.07, 6.45) is 4.42. The van der Waals surface area contributed by atoms with Crippen LogP contribution in [0.4, 0.5) is 0 Å². The van der Waals surface area contributed by atoms with E-state index in [-0.39, 0.29) is 0 Å². The highest BCUT2D eigenvalue weighted by atomic mass is 32.2. The van der Waals surface area contributed by atoms with Gasteiger partial charge in [0.05, 0.1) is 0 Å². The Balaban J connectivity index is 2.28. The van der Waals surface area contributed by atoms with Gasteiger partial charge in [-0.15, -0.1) is 0 Å². The van der Waals surface area contributed by atoms with E-state index in [9.17, 15) is 0 Å². The van der Waals surface area contributed by atoms with E-state index in [1.807, 2.05) is 13.1 Å². The van der Waals surface area contributed by atoms with Crippen molar-refractivity contribution < 1.29 is 0 Å². The summed E-state index contributed by atoms with van der Waals surface area (Å²) in [5.74, 6) is 0. The molecule has 4 heteroatoms. The number of nitrogens with zero attached hydrogens (tertiary/aromatic N) is 2. The van der Waals surface area contributed by atoms with E-state index < -0.39 is 0 Å². The van der Waals surface area contributed by atoms with Gasteiger partial charge in [-0.25, -0.2) is 9.97 Å². The summed E-state index contributed by atoms with van der Waals surface area (Å²) in [6, 6.07) is 10.8. The molecule has 0 aliphatic heterocycles. The molecule has 1 aromatic carbocycles. The fourth-order valence-electron chi connectivity index (χ4n) is 1.89. The molecule has 18 heavy (non-hydrogen) atoms. The van der Waals surface area contributed by atoms with E-state index in [1.165, 1.54) is 10.5 Å². The van der Waals surface area contributed by atoms with Crippen molar-refractivity contribution in [1.29, 1.82) is 0 Å². The van der Waals surface area contributed by atoms with Crippen LogP contribution in [-0.4, -0.2) is 17.0 Å². The smallest absolute Gasteiger partial charge is 0.116 e. The monoisotopic (exact) mass is 259 g/mol. The molecule has 0 saturated heterocycles. The number of hydrogen-bond acceptors (Lipinski definition) is 4. The molecule has 3 nitrogen and oxygen atoms in total. The van der Waals surface area contributed by atoms with Gasteiger partial charge in [0.25, 0.3) is 0 Å². The molecule has 0 aliphatic carbocycles. The van der Waals surface area contributed by atoms with E-state index in [0.717, 1.165) is 11.4 Å². The highest BCUT2D eigenvalue weighted by Gasteiger charge is 2.12.